The smallest absolute Gasteiger partial charge is 0.296 e. The van der Waals surface area contributed by atoms with Gasteiger partial charge in [-0.2, -0.15) is 8.42 Å². The Morgan fingerprint density at radius 3 is 2.63 bits per heavy atom. The third-order valence-electron chi connectivity index (χ3n) is 2.13. The third-order valence-corrected chi connectivity index (χ3v) is 3.04. The molecule has 0 atom stereocenters. The first-order valence-electron chi connectivity index (χ1n) is 4.93. The maximum absolute atomic E-state index is 11.2. The number of hydrogen-bond acceptors (Lipinski definition) is 6. The topological polar surface area (TPSA) is 143 Å². The van der Waals surface area contributed by atoms with Gasteiger partial charge in [0, 0.05) is 18.0 Å². The van der Waals surface area contributed by atoms with Gasteiger partial charge < -0.3 is 5.73 Å². The van der Waals surface area contributed by atoms with Crippen molar-refractivity contribution in [1.82, 2.24) is 9.89 Å². The van der Waals surface area contributed by atoms with Gasteiger partial charge in [-0.05, 0) is 23.4 Å². The van der Waals surface area contributed by atoms with Crippen LogP contribution in [0.15, 0.2) is 50.5 Å². The minimum Gasteiger partial charge on any atom is -0.399 e. The summed E-state index contributed by atoms with van der Waals surface area (Å²) < 4.78 is 31.3. The van der Waals surface area contributed by atoms with E-state index in [0.717, 1.165) is 10.9 Å². The van der Waals surface area contributed by atoms with Crippen molar-refractivity contribution in [2.24, 2.45) is 10.3 Å². The standard InChI is InChI=1S/C9H9N5O4S/c10-6-1-2-8(19(16,17)18)7(5-6)12-13-14-9(15)3-4-11-14/h1-5,11H,10H2,(H,16,17,18). The zero-order valence-electron chi connectivity index (χ0n) is 9.39. The number of aromatic amines is 1. The van der Waals surface area contributed by atoms with Gasteiger partial charge >= 0.3 is 0 Å². The molecule has 0 aliphatic carbocycles. The zero-order chi connectivity index (χ0) is 14.0. The van der Waals surface area contributed by atoms with Crippen molar-refractivity contribution in [3.8, 4) is 0 Å². The summed E-state index contributed by atoms with van der Waals surface area (Å²) in [7, 11) is -4.46. The molecule has 0 amide bonds. The van der Waals surface area contributed by atoms with Crippen LogP contribution in [-0.2, 0) is 10.1 Å². The van der Waals surface area contributed by atoms with E-state index in [1.165, 1.54) is 24.4 Å². The van der Waals surface area contributed by atoms with Crippen molar-refractivity contribution in [2.75, 3.05) is 5.73 Å². The van der Waals surface area contributed by atoms with E-state index >= 15 is 0 Å². The highest BCUT2D eigenvalue weighted by atomic mass is 32.2. The molecule has 0 spiro atoms. The average molecular weight is 283 g/mol. The van der Waals surface area contributed by atoms with Crippen LogP contribution < -0.4 is 11.3 Å². The number of nitrogen functional groups attached to an aromatic ring is 1. The molecule has 4 N–H and O–H groups in total. The van der Waals surface area contributed by atoms with Gasteiger partial charge in [0.05, 0.1) is 0 Å². The number of anilines is 1. The summed E-state index contributed by atoms with van der Waals surface area (Å²) in [6.07, 6.45) is 1.34. The predicted molar refractivity (Wildman–Crippen MR) is 65.6 cm³/mol. The number of nitrogens with one attached hydrogen (secondary N) is 1. The van der Waals surface area contributed by atoms with Crippen LogP contribution in [0.25, 0.3) is 0 Å². The maximum atomic E-state index is 11.2. The molecule has 0 aliphatic rings. The van der Waals surface area contributed by atoms with Crippen LogP contribution in [0.3, 0.4) is 0 Å². The van der Waals surface area contributed by atoms with Crippen LogP contribution in [0.4, 0.5) is 11.4 Å². The fourth-order valence-corrected chi connectivity index (χ4v) is 1.91. The van der Waals surface area contributed by atoms with Crippen molar-refractivity contribution < 1.29 is 13.0 Å². The minimum atomic E-state index is -4.46. The molecule has 10 heteroatoms. The second-order valence-corrected chi connectivity index (χ2v) is 4.89. The molecule has 1 heterocycles. The highest BCUT2D eigenvalue weighted by molar-refractivity contribution is 7.86. The molecule has 2 rings (SSSR count). The summed E-state index contributed by atoms with van der Waals surface area (Å²) in [6, 6.07) is 4.81. The molecule has 0 saturated carbocycles. The molecule has 100 valence electrons. The molecule has 0 radical (unpaired) electrons. The Morgan fingerprint density at radius 1 is 1.32 bits per heavy atom. The number of aromatic nitrogens is 2. The monoisotopic (exact) mass is 283 g/mol. The molecule has 0 fully saturated rings. The molecule has 1 aromatic heterocycles. The minimum absolute atomic E-state index is 0.177. The zero-order valence-corrected chi connectivity index (χ0v) is 10.2. The van der Waals surface area contributed by atoms with Crippen LogP contribution in [-0.4, -0.2) is 22.9 Å². The summed E-state index contributed by atoms with van der Waals surface area (Å²) in [5.41, 5.74) is 5.08. The summed E-state index contributed by atoms with van der Waals surface area (Å²) in [5, 5.41) is 9.52. The Hall–Kier alpha value is -2.46. The van der Waals surface area contributed by atoms with E-state index in [1.807, 2.05) is 0 Å². The molecular formula is C9H9N5O4S. The first-order chi connectivity index (χ1) is 8.88. The van der Waals surface area contributed by atoms with Crippen LogP contribution in [0.5, 0.6) is 0 Å². The SMILES string of the molecule is Nc1ccc(S(=O)(=O)O)c(N=Nn2[nH]ccc2=O)c1. The van der Waals surface area contributed by atoms with Crippen LogP contribution in [0, 0.1) is 0 Å². The molecule has 0 saturated heterocycles. The highest BCUT2D eigenvalue weighted by Crippen LogP contribution is 2.26. The lowest BCUT2D eigenvalue weighted by molar-refractivity contribution is 0.483. The van der Waals surface area contributed by atoms with Crippen LogP contribution in [0.2, 0.25) is 0 Å². The fourth-order valence-electron chi connectivity index (χ4n) is 1.31. The van der Waals surface area contributed by atoms with Gasteiger partial charge in [-0.3, -0.25) is 14.4 Å². The van der Waals surface area contributed by atoms with Crippen molar-refractivity contribution >= 4 is 21.5 Å². The van der Waals surface area contributed by atoms with Crippen LogP contribution >= 0.6 is 0 Å². The van der Waals surface area contributed by atoms with Gasteiger partial charge in [0.25, 0.3) is 15.7 Å². The van der Waals surface area contributed by atoms with Crippen molar-refractivity contribution in [3.05, 3.63) is 40.8 Å². The van der Waals surface area contributed by atoms with Gasteiger partial charge in [0.15, 0.2) is 0 Å². The lowest BCUT2D eigenvalue weighted by atomic mass is 10.3. The molecule has 9 nitrogen and oxygen atoms in total. The normalized spacial score (nSPS) is 12.1. The highest BCUT2D eigenvalue weighted by Gasteiger charge is 2.15. The predicted octanol–water partition coefficient (Wildman–Crippen LogP) is 0.552. The number of benzene rings is 1. The summed E-state index contributed by atoms with van der Waals surface area (Å²) in [5.74, 6) is 0. The Bertz CT molecular complexity index is 789. The molecule has 19 heavy (non-hydrogen) atoms. The number of nitrogens with zero attached hydrogens (tertiary/aromatic N) is 3. The molecule has 1 aromatic carbocycles. The summed E-state index contributed by atoms with van der Waals surface area (Å²) in [4.78, 5) is 11.5. The molecule has 2 aromatic rings. The number of nitrogens with two attached hydrogens (primary N) is 1. The van der Waals surface area contributed by atoms with Crippen molar-refractivity contribution in [3.63, 3.8) is 0 Å². The van der Waals surface area contributed by atoms with Gasteiger partial charge in [-0.15, -0.1) is 9.91 Å². The lowest BCUT2D eigenvalue weighted by Gasteiger charge is -2.02. The Kier molecular flexibility index (Phi) is 3.19. The van der Waals surface area contributed by atoms with E-state index in [1.54, 1.807) is 0 Å². The van der Waals surface area contributed by atoms with Gasteiger partial charge in [0.2, 0.25) is 0 Å². The Labute approximate surface area is 107 Å². The van der Waals surface area contributed by atoms with E-state index in [9.17, 15) is 13.2 Å². The Morgan fingerprint density at radius 2 is 2.05 bits per heavy atom. The van der Waals surface area contributed by atoms with Gasteiger partial charge in [0.1, 0.15) is 10.6 Å². The fraction of sp³-hybridized carbons (Fsp3) is 0. The number of H-pyrrole nitrogens is 1. The van der Waals surface area contributed by atoms with Gasteiger partial charge in [-0.25, -0.2) is 0 Å². The number of hydrogen-bond donors (Lipinski definition) is 3. The molecule has 0 unspecified atom stereocenters. The summed E-state index contributed by atoms with van der Waals surface area (Å²) in [6.45, 7) is 0. The molecule has 0 bridgehead atoms. The first-order valence-corrected chi connectivity index (χ1v) is 6.37. The third kappa shape index (κ3) is 2.86. The number of rotatable bonds is 3. The van der Waals surface area contributed by atoms with E-state index in [2.05, 4.69) is 15.4 Å². The van der Waals surface area contributed by atoms with E-state index < -0.39 is 20.6 Å². The van der Waals surface area contributed by atoms with Gasteiger partial charge in [-0.1, -0.05) is 0 Å². The van der Waals surface area contributed by atoms with E-state index in [4.69, 9.17) is 10.3 Å². The average Bonchev–Trinajstić information content (AvgIpc) is 2.70. The van der Waals surface area contributed by atoms with Crippen molar-refractivity contribution in [1.29, 1.82) is 0 Å². The second-order valence-electron chi connectivity index (χ2n) is 3.50. The molecule has 0 aliphatic heterocycles. The van der Waals surface area contributed by atoms with Crippen molar-refractivity contribution in [2.45, 2.75) is 4.90 Å². The van der Waals surface area contributed by atoms with E-state index in [-0.39, 0.29) is 11.4 Å². The van der Waals surface area contributed by atoms with Crippen LogP contribution in [0.1, 0.15) is 0 Å². The largest absolute Gasteiger partial charge is 0.399 e. The Balaban J connectivity index is 2.51. The quantitative estimate of drug-likeness (QED) is 0.428. The van der Waals surface area contributed by atoms with E-state index in [0.29, 0.717) is 0 Å². The first kappa shape index (κ1) is 13.0. The second kappa shape index (κ2) is 4.66. The maximum Gasteiger partial charge on any atom is 0.296 e. The molecular weight excluding hydrogens is 274 g/mol. The summed E-state index contributed by atoms with van der Waals surface area (Å²) >= 11 is 0. The lowest BCUT2D eigenvalue weighted by Crippen LogP contribution is -2.09.